The van der Waals surface area contributed by atoms with Crippen LogP contribution in [0.3, 0.4) is 0 Å². The van der Waals surface area contributed by atoms with Gasteiger partial charge in [-0.2, -0.15) is 0 Å². The third-order valence-corrected chi connectivity index (χ3v) is 2.62. The van der Waals surface area contributed by atoms with E-state index in [0.29, 0.717) is 12.8 Å². The summed E-state index contributed by atoms with van der Waals surface area (Å²) in [5.74, 6) is -0.903. The van der Waals surface area contributed by atoms with Crippen molar-refractivity contribution in [2.75, 3.05) is 0 Å². The summed E-state index contributed by atoms with van der Waals surface area (Å²) >= 11 is 0. The van der Waals surface area contributed by atoms with Gasteiger partial charge in [0, 0.05) is 11.1 Å². The quantitative estimate of drug-likeness (QED) is 0.582. The Labute approximate surface area is 84.9 Å². The topological polar surface area (TPSA) is 75.4 Å². The van der Waals surface area contributed by atoms with Crippen LogP contribution in [-0.2, 0) is 4.79 Å². The van der Waals surface area contributed by atoms with Gasteiger partial charge in [0.15, 0.2) is 0 Å². The molecule has 0 aromatic rings. The molecule has 0 spiro atoms. The summed E-state index contributed by atoms with van der Waals surface area (Å²) in [6.45, 7) is 7.94. The van der Waals surface area contributed by atoms with Gasteiger partial charge in [-0.05, 0) is 40.5 Å². The van der Waals surface area contributed by atoms with E-state index in [2.05, 4.69) is 5.32 Å². The summed E-state index contributed by atoms with van der Waals surface area (Å²) in [6.07, 6.45) is 0.914. The van der Waals surface area contributed by atoms with E-state index in [9.17, 15) is 4.79 Å². The number of nitrogens with two attached hydrogens (primary N) is 1. The zero-order valence-corrected chi connectivity index (χ0v) is 9.35. The second kappa shape index (κ2) is 2.94. The molecule has 14 heavy (non-hydrogen) atoms. The lowest BCUT2D eigenvalue weighted by Gasteiger charge is -2.49. The molecular formula is C10H20N2O2. The molecule has 0 aliphatic carbocycles. The Balaban J connectivity index is 2.97. The molecule has 1 saturated heterocycles. The Bertz CT molecular complexity index is 243. The zero-order valence-electron chi connectivity index (χ0n) is 9.35. The second-order valence-electron chi connectivity index (χ2n) is 5.71. The van der Waals surface area contributed by atoms with Gasteiger partial charge < -0.3 is 16.2 Å². The first kappa shape index (κ1) is 11.5. The highest BCUT2D eigenvalue weighted by molar-refractivity contribution is 5.79. The Morgan fingerprint density at radius 3 is 1.86 bits per heavy atom. The molecule has 4 N–H and O–H groups in total. The first-order chi connectivity index (χ1) is 6.06. The van der Waals surface area contributed by atoms with Crippen molar-refractivity contribution in [2.45, 2.75) is 57.2 Å². The molecule has 1 fully saturated rings. The summed E-state index contributed by atoms with van der Waals surface area (Å²) < 4.78 is 0. The molecule has 0 unspecified atom stereocenters. The van der Waals surface area contributed by atoms with Crippen molar-refractivity contribution in [3.8, 4) is 0 Å². The maximum absolute atomic E-state index is 11.1. The molecule has 0 amide bonds. The van der Waals surface area contributed by atoms with Crippen LogP contribution >= 0.6 is 0 Å². The van der Waals surface area contributed by atoms with Gasteiger partial charge in [-0.15, -0.1) is 0 Å². The van der Waals surface area contributed by atoms with Crippen LogP contribution in [0.2, 0.25) is 0 Å². The van der Waals surface area contributed by atoms with Gasteiger partial charge in [-0.1, -0.05) is 0 Å². The van der Waals surface area contributed by atoms with Crippen molar-refractivity contribution >= 4 is 5.97 Å². The van der Waals surface area contributed by atoms with Gasteiger partial charge >= 0.3 is 5.97 Å². The van der Waals surface area contributed by atoms with Crippen molar-refractivity contribution in [1.29, 1.82) is 0 Å². The van der Waals surface area contributed by atoms with Crippen LogP contribution in [0.1, 0.15) is 40.5 Å². The number of nitrogens with one attached hydrogen (secondary N) is 1. The highest BCUT2D eigenvalue weighted by atomic mass is 16.4. The number of carbonyl (C=O) groups is 1. The Morgan fingerprint density at radius 2 is 1.57 bits per heavy atom. The fourth-order valence-electron chi connectivity index (χ4n) is 2.80. The van der Waals surface area contributed by atoms with E-state index in [1.54, 1.807) is 0 Å². The minimum absolute atomic E-state index is 0.227. The molecule has 1 aliphatic rings. The van der Waals surface area contributed by atoms with Gasteiger partial charge in [0.05, 0.1) is 0 Å². The zero-order chi connectivity index (χ0) is 11.2. The van der Waals surface area contributed by atoms with Crippen molar-refractivity contribution in [3.05, 3.63) is 0 Å². The molecule has 1 aliphatic heterocycles. The number of hydrogen-bond donors (Lipinski definition) is 3. The molecule has 1 rings (SSSR count). The van der Waals surface area contributed by atoms with Crippen molar-refractivity contribution in [1.82, 2.24) is 5.32 Å². The SMILES string of the molecule is CC1(C)CC(N)(C(=O)O)CC(C)(C)N1. The Hall–Kier alpha value is -0.610. The lowest BCUT2D eigenvalue weighted by molar-refractivity contribution is -0.147. The Morgan fingerprint density at radius 1 is 1.21 bits per heavy atom. The lowest BCUT2D eigenvalue weighted by Crippen LogP contribution is -2.68. The standard InChI is InChI=1S/C10H20N2O2/c1-8(2)5-10(11,7(13)14)6-9(3,4)12-8/h12H,5-6,11H2,1-4H3,(H,13,14). The maximum Gasteiger partial charge on any atom is 0.323 e. The number of piperidine rings is 1. The van der Waals surface area contributed by atoms with Crippen LogP contribution in [0.15, 0.2) is 0 Å². The third kappa shape index (κ3) is 2.25. The number of carboxylic acids is 1. The first-order valence-corrected chi connectivity index (χ1v) is 4.88. The van der Waals surface area contributed by atoms with Crippen molar-refractivity contribution in [3.63, 3.8) is 0 Å². The number of rotatable bonds is 1. The highest BCUT2D eigenvalue weighted by Gasteiger charge is 2.49. The third-order valence-electron chi connectivity index (χ3n) is 2.62. The van der Waals surface area contributed by atoms with Crippen LogP contribution in [-0.4, -0.2) is 27.7 Å². The molecule has 4 heteroatoms. The highest BCUT2D eigenvalue weighted by Crippen LogP contribution is 2.34. The molecule has 82 valence electrons. The van der Waals surface area contributed by atoms with Crippen LogP contribution < -0.4 is 11.1 Å². The summed E-state index contributed by atoms with van der Waals surface area (Å²) in [6, 6.07) is 0. The van der Waals surface area contributed by atoms with Crippen LogP contribution in [0.25, 0.3) is 0 Å². The molecule has 0 aromatic heterocycles. The fraction of sp³-hybridized carbons (Fsp3) is 0.900. The van der Waals surface area contributed by atoms with Gasteiger partial charge in [0.2, 0.25) is 0 Å². The minimum atomic E-state index is -1.10. The molecule has 0 bridgehead atoms. The summed E-state index contributed by atoms with van der Waals surface area (Å²) in [4.78, 5) is 11.1. The van der Waals surface area contributed by atoms with E-state index in [0.717, 1.165) is 0 Å². The summed E-state index contributed by atoms with van der Waals surface area (Å²) in [5, 5.41) is 12.5. The lowest BCUT2D eigenvalue weighted by atomic mass is 9.71. The van der Waals surface area contributed by atoms with Crippen molar-refractivity contribution in [2.24, 2.45) is 5.73 Å². The molecule has 0 saturated carbocycles. The minimum Gasteiger partial charge on any atom is -0.480 e. The van der Waals surface area contributed by atoms with Crippen molar-refractivity contribution < 1.29 is 9.90 Å². The molecule has 0 aromatic carbocycles. The number of carboxylic acid groups (broad SMARTS) is 1. The molecule has 0 atom stereocenters. The number of aliphatic carboxylic acids is 1. The predicted molar refractivity (Wildman–Crippen MR) is 55.1 cm³/mol. The maximum atomic E-state index is 11.1. The van der Waals surface area contributed by atoms with Crippen LogP contribution in [0.5, 0.6) is 0 Å². The van der Waals surface area contributed by atoms with E-state index in [1.165, 1.54) is 0 Å². The largest absolute Gasteiger partial charge is 0.480 e. The average Bonchev–Trinajstić information content (AvgIpc) is 1.76. The van der Waals surface area contributed by atoms with E-state index in [-0.39, 0.29) is 11.1 Å². The van der Waals surface area contributed by atoms with Crippen LogP contribution in [0, 0.1) is 0 Å². The molecular weight excluding hydrogens is 180 g/mol. The normalized spacial score (nSPS) is 28.4. The van der Waals surface area contributed by atoms with Gasteiger partial charge in [-0.3, -0.25) is 4.79 Å². The fourth-order valence-corrected chi connectivity index (χ4v) is 2.80. The average molecular weight is 200 g/mol. The van der Waals surface area contributed by atoms with E-state index in [4.69, 9.17) is 10.8 Å². The first-order valence-electron chi connectivity index (χ1n) is 4.88. The van der Waals surface area contributed by atoms with Gasteiger partial charge in [0.25, 0.3) is 0 Å². The predicted octanol–water partition coefficient (Wildman–Crippen LogP) is 0.709. The van der Waals surface area contributed by atoms with E-state index < -0.39 is 11.5 Å². The number of hydrogen-bond acceptors (Lipinski definition) is 3. The monoisotopic (exact) mass is 200 g/mol. The summed E-state index contributed by atoms with van der Waals surface area (Å²) in [7, 11) is 0. The smallest absolute Gasteiger partial charge is 0.323 e. The van der Waals surface area contributed by atoms with Gasteiger partial charge in [-0.25, -0.2) is 0 Å². The molecule has 1 heterocycles. The van der Waals surface area contributed by atoms with E-state index in [1.807, 2.05) is 27.7 Å². The van der Waals surface area contributed by atoms with Gasteiger partial charge in [0.1, 0.15) is 5.54 Å². The molecule has 4 nitrogen and oxygen atoms in total. The van der Waals surface area contributed by atoms with Crippen LogP contribution in [0.4, 0.5) is 0 Å². The second-order valence-corrected chi connectivity index (χ2v) is 5.71. The molecule has 0 radical (unpaired) electrons. The van der Waals surface area contributed by atoms with E-state index >= 15 is 0 Å². The summed E-state index contributed by atoms with van der Waals surface area (Å²) in [5.41, 5.74) is 4.36. The Kier molecular flexibility index (Phi) is 2.41.